The summed E-state index contributed by atoms with van der Waals surface area (Å²) in [4.78, 5) is 4.22. The van der Waals surface area contributed by atoms with E-state index < -0.39 is 12.1 Å². The predicted molar refractivity (Wildman–Crippen MR) is 66.5 cm³/mol. The smallest absolute Gasteiger partial charge is 0.334 e. The first kappa shape index (κ1) is 14.4. The van der Waals surface area contributed by atoms with Crippen LogP contribution in [0.4, 0.5) is 13.2 Å². The molecule has 19 heavy (non-hydrogen) atoms. The number of aromatic nitrogens is 2. The van der Waals surface area contributed by atoms with Crippen molar-refractivity contribution < 1.29 is 13.2 Å². The van der Waals surface area contributed by atoms with Crippen molar-refractivity contribution >= 4 is 0 Å². The molecular formula is C13H20F3N3. The van der Waals surface area contributed by atoms with Crippen LogP contribution in [-0.2, 0) is 13.1 Å². The van der Waals surface area contributed by atoms with Gasteiger partial charge in [-0.25, -0.2) is 4.98 Å². The van der Waals surface area contributed by atoms with E-state index >= 15 is 0 Å². The van der Waals surface area contributed by atoms with Gasteiger partial charge < -0.3 is 9.88 Å². The van der Waals surface area contributed by atoms with Gasteiger partial charge in [-0.05, 0) is 26.2 Å². The van der Waals surface area contributed by atoms with Crippen molar-refractivity contribution in [1.82, 2.24) is 14.9 Å². The van der Waals surface area contributed by atoms with E-state index in [0.717, 1.165) is 18.8 Å². The molecule has 1 aromatic rings. The van der Waals surface area contributed by atoms with Crippen molar-refractivity contribution in [2.75, 3.05) is 0 Å². The second kappa shape index (κ2) is 5.94. The van der Waals surface area contributed by atoms with Gasteiger partial charge in [-0.15, -0.1) is 0 Å². The molecule has 0 saturated heterocycles. The van der Waals surface area contributed by atoms with Crippen LogP contribution < -0.4 is 5.32 Å². The molecule has 1 aromatic heterocycles. The van der Waals surface area contributed by atoms with Crippen molar-refractivity contribution in [2.45, 2.75) is 57.9 Å². The van der Waals surface area contributed by atoms with Gasteiger partial charge in [0, 0.05) is 25.0 Å². The normalized spacial score (nSPS) is 24.6. The summed E-state index contributed by atoms with van der Waals surface area (Å²) < 4.78 is 40.1. The minimum atomic E-state index is -4.05. The lowest BCUT2D eigenvalue weighted by atomic mass is 9.85. The fourth-order valence-electron chi connectivity index (χ4n) is 2.70. The van der Waals surface area contributed by atoms with E-state index in [1.54, 1.807) is 6.20 Å². The molecule has 0 bridgehead atoms. The Morgan fingerprint density at radius 3 is 2.89 bits per heavy atom. The van der Waals surface area contributed by atoms with Crippen LogP contribution in [0.1, 0.15) is 38.4 Å². The van der Waals surface area contributed by atoms with Crippen LogP contribution in [-0.4, -0.2) is 21.8 Å². The first-order valence-electron chi connectivity index (χ1n) is 6.80. The lowest BCUT2D eigenvalue weighted by Gasteiger charge is -2.31. The summed E-state index contributed by atoms with van der Waals surface area (Å²) in [7, 11) is 0. The third-order valence-electron chi connectivity index (χ3n) is 3.83. The number of hydrogen-bond donors (Lipinski definition) is 1. The third kappa shape index (κ3) is 3.72. The molecule has 0 aliphatic heterocycles. The van der Waals surface area contributed by atoms with E-state index in [1.165, 1.54) is 0 Å². The highest BCUT2D eigenvalue weighted by atomic mass is 19.4. The van der Waals surface area contributed by atoms with Gasteiger partial charge in [-0.3, -0.25) is 0 Å². The van der Waals surface area contributed by atoms with Crippen LogP contribution in [0.5, 0.6) is 0 Å². The fraction of sp³-hybridized carbons (Fsp3) is 0.769. The minimum absolute atomic E-state index is 0.0534. The maximum absolute atomic E-state index is 12.7. The number of nitrogens with one attached hydrogen (secondary N) is 1. The Bertz CT molecular complexity index is 400. The number of imidazole rings is 1. The first-order chi connectivity index (χ1) is 9.00. The largest absolute Gasteiger partial charge is 0.391 e. The zero-order chi connectivity index (χ0) is 13.9. The number of nitrogens with zero attached hydrogens (tertiary/aromatic N) is 2. The topological polar surface area (TPSA) is 29.9 Å². The average Bonchev–Trinajstić information content (AvgIpc) is 2.83. The standard InChI is InChI=1S/C13H20F3N3/c1-2-19-7-6-17-12(19)9-18-11-5-3-4-10(8-11)13(14,15)16/h6-7,10-11,18H,2-5,8-9H2,1H3. The lowest BCUT2D eigenvalue weighted by molar-refractivity contribution is -0.183. The molecule has 0 radical (unpaired) electrons. The summed E-state index contributed by atoms with van der Waals surface area (Å²) >= 11 is 0. The summed E-state index contributed by atoms with van der Waals surface area (Å²) in [6.07, 6.45) is 1.48. The van der Waals surface area contributed by atoms with Gasteiger partial charge in [0.15, 0.2) is 0 Å². The van der Waals surface area contributed by atoms with Gasteiger partial charge in [0.05, 0.1) is 12.5 Å². The molecule has 2 unspecified atom stereocenters. The van der Waals surface area contributed by atoms with Gasteiger partial charge in [0.1, 0.15) is 5.82 Å². The summed E-state index contributed by atoms with van der Waals surface area (Å²) in [6.45, 7) is 3.38. The van der Waals surface area contributed by atoms with Crippen molar-refractivity contribution in [1.29, 1.82) is 0 Å². The third-order valence-corrected chi connectivity index (χ3v) is 3.83. The Balaban J connectivity index is 1.86. The maximum Gasteiger partial charge on any atom is 0.391 e. The molecular weight excluding hydrogens is 255 g/mol. The fourth-order valence-corrected chi connectivity index (χ4v) is 2.70. The lowest BCUT2D eigenvalue weighted by Crippen LogP contribution is -2.38. The van der Waals surface area contributed by atoms with E-state index in [2.05, 4.69) is 10.3 Å². The highest BCUT2D eigenvalue weighted by Gasteiger charge is 2.41. The highest BCUT2D eigenvalue weighted by Crippen LogP contribution is 2.37. The molecule has 0 aromatic carbocycles. The van der Waals surface area contributed by atoms with Gasteiger partial charge in [-0.2, -0.15) is 13.2 Å². The molecule has 0 spiro atoms. The highest BCUT2D eigenvalue weighted by molar-refractivity contribution is 4.93. The summed E-state index contributed by atoms with van der Waals surface area (Å²) in [5.41, 5.74) is 0. The van der Waals surface area contributed by atoms with Crippen LogP contribution in [0, 0.1) is 5.92 Å². The monoisotopic (exact) mass is 275 g/mol. The Hall–Kier alpha value is -1.04. The molecule has 3 nitrogen and oxygen atoms in total. The van der Waals surface area contributed by atoms with E-state index in [9.17, 15) is 13.2 Å². The molecule has 1 aliphatic carbocycles. The minimum Gasteiger partial charge on any atom is -0.334 e. The SMILES string of the molecule is CCn1ccnc1CNC1CCCC(C(F)(F)F)C1. The van der Waals surface area contributed by atoms with Gasteiger partial charge in [0.25, 0.3) is 0 Å². The molecule has 1 saturated carbocycles. The van der Waals surface area contributed by atoms with Crippen molar-refractivity contribution in [3.05, 3.63) is 18.2 Å². The van der Waals surface area contributed by atoms with E-state index in [4.69, 9.17) is 0 Å². The molecule has 0 amide bonds. The van der Waals surface area contributed by atoms with Crippen molar-refractivity contribution in [3.63, 3.8) is 0 Å². The number of rotatable bonds is 4. The Kier molecular flexibility index (Phi) is 4.50. The van der Waals surface area contributed by atoms with Crippen LogP contribution >= 0.6 is 0 Å². The van der Waals surface area contributed by atoms with Crippen LogP contribution in [0.25, 0.3) is 0 Å². The Labute approximate surface area is 111 Å². The predicted octanol–water partition coefficient (Wildman–Crippen LogP) is 3.11. The summed E-state index contributed by atoms with van der Waals surface area (Å²) in [5, 5.41) is 3.22. The molecule has 1 heterocycles. The van der Waals surface area contributed by atoms with Gasteiger partial charge in [-0.1, -0.05) is 6.42 Å². The van der Waals surface area contributed by atoms with Crippen molar-refractivity contribution in [3.8, 4) is 0 Å². The van der Waals surface area contributed by atoms with Crippen LogP contribution in [0.15, 0.2) is 12.4 Å². The van der Waals surface area contributed by atoms with E-state index in [-0.39, 0.29) is 18.9 Å². The zero-order valence-electron chi connectivity index (χ0n) is 11.1. The van der Waals surface area contributed by atoms with E-state index in [0.29, 0.717) is 13.0 Å². The number of hydrogen-bond acceptors (Lipinski definition) is 2. The molecule has 1 N–H and O–H groups in total. The number of halogens is 3. The molecule has 2 rings (SSSR count). The molecule has 108 valence electrons. The zero-order valence-corrected chi connectivity index (χ0v) is 11.1. The van der Waals surface area contributed by atoms with Crippen LogP contribution in [0.3, 0.4) is 0 Å². The van der Waals surface area contributed by atoms with Gasteiger partial charge in [0.2, 0.25) is 0 Å². The maximum atomic E-state index is 12.7. The first-order valence-corrected chi connectivity index (χ1v) is 6.80. The molecule has 6 heteroatoms. The average molecular weight is 275 g/mol. The summed E-state index contributed by atoms with van der Waals surface area (Å²) in [6, 6.07) is -0.0534. The number of aryl methyl sites for hydroxylation is 1. The van der Waals surface area contributed by atoms with Gasteiger partial charge >= 0.3 is 6.18 Å². The Morgan fingerprint density at radius 1 is 1.42 bits per heavy atom. The quantitative estimate of drug-likeness (QED) is 0.915. The molecule has 1 aliphatic rings. The van der Waals surface area contributed by atoms with Crippen LogP contribution in [0.2, 0.25) is 0 Å². The number of alkyl halides is 3. The van der Waals surface area contributed by atoms with E-state index in [1.807, 2.05) is 17.7 Å². The Morgan fingerprint density at radius 2 is 2.21 bits per heavy atom. The van der Waals surface area contributed by atoms with Crippen molar-refractivity contribution in [2.24, 2.45) is 5.92 Å². The molecule has 1 fully saturated rings. The molecule has 2 atom stereocenters. The second-order valence-electron chi connectivity index (χ2n) is 5.11. The summed E-state index contributed by atoms with van der Waals surface area (Å²) in [5.74, 6) is -0.263. The second-order valence-corrected chi connectivity index (χ2v) is 5.11.